The molecular formula is C16H16N4O3. The minimum atomic E-state index is -0.772. The molecule has 2 aromatic rings. The van der Waals surface area contributed by atoms with Crippen LogP contribution in [0.1, 0.15) is 19.5 Å². The Morgan fingerprint density at radius 3 is 2.52 bits per heavy atom. The second-order valence-corrected chi connectivity index (χ2v) is 5.45. The van der Waals surface area contributed by atoms with Crippen molar-refractivity contribution in [1.82, 2.24) is 15.0 Å². The Balaban J connectivity index is 2.05. The van der Waals surface area contributed by atoms with Gasteiger partial charge in [-0.15, -0.1) is 0 Å². The van der Waals surface area contributed by atoms with E-state index in [2.05, 4.69) is 15.0 Å². The van der Waals surface area contributed by atoms with E-state index in [1.54, 1.807) is 38.4 Å². The number of nitriles is 1. The summed E-state index contributed by atoms with van der Waals surface area (Å²) < 4.78 is 10.2. The molecule has 0 spiro atoms. The molecule has 2 heterocycles. The molecule has 0 fully saturated rings. The van der Waals surface area contributed by atoms with Crippen LogP contribution in [-0.2, 0) is 9.53 Å². The highest BCUT2D eigenvalue weighted by molar-refractivity contribution is 5.75. The lowest BCUT2D eigenvalue weighted by atomic mass is 9.95. The first-order valence-corrected chi connectivity index (χ1v) is 6.86. The highest BCUT2D eigenvalue weighted by Gasteiger charge is 2.29. The normalized spacial score (nSPS) is 10.7. The number of hydrogen-bond acceptors (Lipinski definition) is 7. The minimum absolute atomic E-state index is 0.131. The summed E-state index contributed by atoms with van der Waals surface area (Å²) in [6.07, 6.45) is 4.58. The number of rotatable bonds is 5. The van der Waals surface area contributed by atoms with E-state index in [1.807, 2.05) is 6.07 Å². The molecule has 0 aliphatic carbocycles. The van der Waals surface area contributed by atoms with Crippen LogP contribution in [0.15, 0.2) is 30.7 Å². The van der Waals surface area contributed by atoms with Gasteiger partial charge in [0.15, 0.2) is 0 Å². The molecule has 0 radical (unpaired) electrons. The predicted molar refractivity (Wildman–Crippen MR) is 81.3 cm³/mol. The molecule has 7 heteroatoms. The third-order valence-corrected chi connectivity index (χ3v) is 3.12. The summed E-state index contributed by atoms with van der Waals surface area (Å²) in [5.41, 5.74) is 0.929. The van der Waals surface area contributed by atoms with Gasteiger partial charge >= 0.3 is 5.97 Å². The van der Waals surface area contributed by atoms with E-state index in [1.165, 1.54) is 13.3 Å². The number of methoxy groups -OCH3 is 1. The standard InChI is InChI=1S/C16H16N4O3/c1-16(2,15(21)22-3)10-23-14-9-19-13(8-20-14)11-4-5-12(6-17)18-7-11/h4-5,7-9H,10H2,1-3H3. The molecule has 23 heavy (non-hydrogen) atoms. The quantitative estimate of drug-likeness (QED) is 0.778. The fourth-order valence-corrected chi connectivity index (χ4v) is 1.74. The van der Waals surface area contributed by atoms with Crippen molar-refractivity contribution in [3.63, 3.8) is 0 Å². The minimum Gasteiger partial charge on any atom is -0.475 e. The van der Waals surface area contributed by atoms with Crippen molar-refractivity contribution in [2.75, 3.05) is 13.7 Å². The molecular weight excluding hydrogens is 296 g/mol. The van der Waals surface area contributed by atoms with Crippen molar-refractivity contribution in [3.8, 4) is 23.2 Å². The van der Waals surface area contributed by atoms with Crippen molar-refractivity contribution in [1.29, 1.82) is 5.26 Å². The third-order valence-electron chi connectivity index (χ3n) is 3.12. The van der Waals surface area contributed by atoms with Gasteiger partial charge in [0.05, 0.1) is 30.6 Å². The summed E-state index contributed by atoms with van der Waals surface area (Å²) in [4.78, 5) is 24.0. The predicted octanol–water partition coefficient (Wildman–Crippen LogP) is 1.99. The molecule has 0 unspecified atom stereocenters. The monoisotopic (exact) mass is 312 g/mol. The van der Waals surface area contributed by atoms with Gasteiger partial charge < -0.3 is 9.47 Å². The molecule has 0 saturated carbocycles. The van der Waals surface area contributed by atoms with Crippen molar-refractivity contribution in [3.05, 3.63) is 36.4 Å². The van der Waals surface area contributed by atoms with Crippen LogP contribution in [0.5, 0.6) is 5.88 Å². The van der Waals surface area contributed by atoms with E-state index in [4.69, 9.17) is 14.7 Å². The molecule has 7 nitrogen and oxygen atoms in total. The van der Waals surface area contributed by atoms with Crippen LogP contribution in [0, 0.1) is 16.7 Å². The van der Waals surface area contributed by atoms with E-state index >= 15 is 0 Å². The van der Waals surface area contributed by atoms with E-state index in [9.17, 15) is 4.79 Å². The first-order chi connectivity index (χ1) is 11.0. The SMILES string of the molecule is COC(=O)C(C)(C)COc1cnc(-c2ccc(C#N)nc2)cn1. The van der Waals surface area contributed by atoms with E-state index in [0.717, 1.165) is 5.56 Å². The third kappa shape index (κ3) is 4.01. The zero-order chi connectivity index (χ0) is 16.9. The zero-order valence-corrected chi connectivity index (χ0v) is 13.1. The number of esters is 1. The molecule has 0 aromatic carbocycles. The summed E-state index contributed by atoms with van der Waals surface area (Å²) in [6.45, 7) is 3.58. The number of carbonyl (C=O) groups excluding carboxylic acids is 1. The van der Waals surface area contributed by atoms with Crippen molar-refractivity contribution < 1.29 is 14.3 Å². The van der Waals surface area contributed by atoms with Crippen LogP contribution in [0.3, 0.4) is 0 Å². The van der Waals surface area contributed by atoms with Crippen LogP contribution in [0.25, 0.3) is 11.3 Å². The first-order valence-electron chi connectivity index (χ1n) is 6.86. The van der Waals surface area contributed by atoms with Gasteiger partial charge in [0.2, 0.25) is 5.88 Å². The van der Waals surface area contributed by atoms with Gasteiger partial charge in [-0.2, -0.15) is 5.26 Å². The average Bonchev–Trinajstić information content (AvgIpc) is 2.60. The molecule has 0 saturated heterocycles. The molecule has 2 aromatic heterocycles. The lowest BCUT2D eigenvalue weighted by Gasteiger charge is -2.21. The molecule has 2 rings (SSSR count). The van der Waals surface area contributed by atoms with Gasteiger partial charge in [0, 0.05) is 11.8 Å². The van der Waals surface area contributed by atoms with Gasteiger partial charge in [-0.05, 0) is 26.0 Å². The van der Waals surface area contributed by atoms with Crippen LogP contribution in [0.2, 0.25) is 0 Å². The molecule has 0 aliphatic heterocycles. The van der Waals surface area contributed by atoms with Gasteiger partial charge in [0.1, 0.15) is 18.4 Å². The summed E-state index contributed by atoms with van der Waals surface area (Å²) in [6, 6.07) is 5.31. The molecule has 0 aliphatic rings. The lowest BCUT2D eigenvalue weighted by molar-refractivity contribution is -0.152. The van der Waals surface area contributed by atoms with Crippen LogP contribution < -0.4 is 4.74 Å². The lowest BCUT2D eigenvalue weighted by Crippen LogP contribution is -2.32. The van der Waals surface area contributed by atoms with Gasteiger partial charge in [-0.25, -0.2) is 15.0 Å². The molecule has 0 amide bonds. The highest BCUT2D eigenvalue weighted by Crippen LogP contribution is 2.20. The van der Waals surface area contributed by atoms with E-state index in [-0.39, 0.29) is 12.6 Å². The summed E-state index contributed by atoms with van der Waals surface area (Å²) >= 11 is 0. The summed E-state index contributed by atoms with van der Waals surface area (Å²) in [5.74, 6) is -0.0435. The van der Waals surface area contributed by atoms with E-state index < -0.39 is 5.41 Å². The number of nitrogens with zero attached hydrogens (tertiary/aromatic N) is 4. The van der Waals surface area contributed by atoms with Gasteiger partial charge in [-0.3, -0.25) is 4.79 Å². The number of pyridine rings is 1. The largest absolute Gasteiger partial charge is 0.475 e. The Morgan fingerprint density at radius 1 is 1.22 bits per heavy atom. The topological polar surface area (TPSA) is 98.0 Å². The van der Waals surface area contributed by atoms with Crippen LogP contribution in [-0.4, -0.2) is 34.6 Å². The van der Waals surface area contributed by atoms with Crippen LogP contribution >= 0.6 is 0 Å². The second-order valence-electron chi connectivity index (χ2n) is 5.45. The van der Waals surface area contributed by atoms with Crippen molar-refractivity contribution in [2.24, 2.45) is 5.41 Å². The second kappa shape index (κ2) is 6.83. The van der Waals surface area contributed by atoms with Gasteiger partial charge in [-0.1, -0.05) is 0 Å². The maximum atomic E-state index is 11.6. The Labute approximate surface area is 133 Å². The van der Waals surface area contributed by atoms with Gasteiger partial charge in [0.25, 0.3) is 0 Å². The number of hydrogen-bond donors (Lipinski definition) is 0. The Bertz CT molecular complexity index is 718. The average molecular weight is 312 g/mol. The zero-order valence-electron chi connectivity index (χ0n) is 13.1. The van der Waals surface area contributed by atoms with Crippen LogP contribution in [0.4, 0.5) is 0 Å². The molecule has 0 N–H and O–H groups in total. The Morgan fingerprint density at radius 2 is 2.00 bits per heavy atom. The van der Waals surface area contributed by atoms with Crippen molar-refractivity contribution >= 4 is 5.97 Å². The van der Waals surface area contributed by atoms with E-state index in [0.29, 0.717) is 17.3 Å². The smallest absolute Gasteiger partial charge is 0.314 e. The Hall–Kier alpha value is -3.01. The number of aromatic nitrogens is 3. The molecule has 118 valence electrons. The first kappa shape index (κ1) is 16.4. The van der Waals surface area contributed by atoms with Crippen molar-refractivity contribution in [2.45, 2.75) is 13.8 Å². The highest BCUT2D eigenvalue weighted by atomic mass is 16.5. The maximum Gasteiger partial charge on any atom is 0.314 e. The molecule has 0 atom stereocenters. The number of ether oxygens (including phenoxy) is 2. The maximum absolute atomic E-state index is 11.6. The summed E-state index contributed by atoms with van der Waals surface area (Å²) in [5, 5.41) is 8.73. The fourth-order valence-electron chi connectivity index (χ4n) is 1.74. The fraction of sp³-hybridized carbons (Fsp3) is 0.312. The number of carbonyl (C=O) groups is 1. The summed E-state index contributed by atoms with van der Waals surface area (Å²) in [7, 11) is 1.34. The Kier molecular flexibility index (Phi) is 4.86. The molecule has 0 bridgehead atoms.